The summed E-state index contributed by atoms with van der Waals surface area (Å²) in [6, 6.07) is 70.2. The fourth-order valence-corrected chi connectivity index (χ4v) is 12.0. The lowest BCUT2D eigenvalue weighted by Crippen LogP contribution is -2.39. The molecule has 1 unspecified atom stereocenters. The van der Waals surface area contributed by atoms with Crippen LogP contribution in [0.25, 0.3) is 27.5 Å². The van der Waals surface area contributed by atoms with Crippen molar-refractivity contribution < 1.29 is 0 Å². The molecule has 0 radical (unpaired) electrons. The zero-order valence-electron chi connectivity index (χ0n) is 32.2. The lowest BCUT2D eigenvalue weighted by molar-refractivity contribution is 0.693. The Kier molecular flexibility index (Phi) is 6.99. The molecule has 3 nitrogen and oxygen atoms in total. The van der Waals surface area contributed by atoms with Gasteiger partial charge in [-0.3, -0.25) is 0 Å². The van der Waals surface area contributed by atoms with Gasteiger partial charge < -0.3 is 14.4 Å². The average Bonchev–Trinajstić information content (AvgIpc) is 3.81. The Morgan fingerprint density at radius 1 is 0.458 bits per heavy atom. The van der Waals surface area contributed by atoms with E-state index in [9.17, 15) is 0 Å². The standard InChI is InChI=1S/C55H37N3S/c1-3-17-36(18-4-1)56-47-26-12-7-21-39(47)41-33-38(31-32-49(41)56)58-48-27-13-8-22-40(48)42-34-46-54(35-52(42)58)59-53-30-16-11-25-45(53)55(46)43-23-9-14-28-50(43)57(37-19-5-2-6-20-37)51-29-15-10-24-44(51)55/h1-20,22-35,39H,21H2. The number of anilines is 5. The van der Waals surface area contributed by atoms with Gasteiger partial charge in [0.25, 0.3) is 0 Å². The third-order valence-electron chi connectivity index (χ3n) is 13.1. The van der Waals surface area contributed by atoms with Gasteiger partial charge in [-0.15, -0.1) is 0 Å². The highest BCUT2D eigenvalue weighted by Gasteiger charge is 2.50. The molecule has 0 bridgehead atoms. The molecule has 59 heavy (non-hydrogen) atoms. The molecule has 1 atom stereocenters. The van der Waals surface area contributed by atoms with Crippen molar-refractivity contribution in [3.05, 3.63) is 240 Å². The summed E-state index contributed by atoms with van der Waals surface area (Å²) >= 11 is 1.91. The fraction of sp³-hybridized carbons (Fsp3) is 0.0545. The summed E-state index contributed by atoms with van der Waals surface area (Å²) in [5.41, 5.74) is 17.2. The van der Waals surface area contributed by atoms with Crippen LogP contribution in [0.2, 0.25) is 0 Å². The van der Waals surface area contributed by atoms with Crippen LogP contribution < -0.4 is 9.80 Å². The predicted molar refractivity (Wildman–Crippen MR) is 245 cm³/mol. The minimum Gasteiger partial charge on any atom is -0.313 e. The van der Waals surface area contributed by atoms with Crippen molar-refractivity contribution in [1.82, 2.24) is 4.57 Å². The molecular weight excluding hydrogens is 735 g/mol. The van der Waals surface area contributed by atoms with E-state index in [2.05, 4.69) is 221 Å². The minimum absolute atomic E-state index is 0.310. The monoisotopic (exact) mass is 771 g/mol. The summed E-state index contributed by atoms with van der Waals surface area (Å²) < 4.78 is 2.52. The van der Waals surface area contributed by atoms with Gasteiger partial charge >= 0.3 is 0 Å². The second-order valence-electron chi connectivity index (χ2n) is 16.0. The predicted octanol–water partition coefficient (Wildman–Crippen LogP) is 14.5. The first-order chi connectivity index (χ1) is 29.3. The van der Waals surface area contributed by atoms with Crippen LogP contribution in [0.15, 0.2) is 222 Å². The number of aromatic nitrogens is 1. The van der Waals surface area contributed by atoms with E-state index >= 15 is 0 Å². The molecule has 13 rings (SSSR count). The Balaban J connectivity index is 1.08. The van der Waals surface area contributed by atoms with Gasteiger partial charge in [0, 0.05) is 54.9 Å². The molecule has 1 aliphatic carbocycles. The van der Waals surface area contributed by atoms with Gasteiger partial charge in [0.1, 0.15) is 0 Å². The van der Waals surface area contributed by atoms with Gasteiger partial charge in [0.2, 0.25) is 0 Å². The summed E-state index contributed by atoms with van der Waals surface area (Å²) in [4.78, 5) is 7.50. The molecule has 0 N–H and O–H groups in total. The molecule has 278 valence electrons. The van der Waals surface area contributed by atoms with E-state index in [1.54, 1.807) is 0 Å². The fourth-order valence-electron chi connectivity index (χ4n) is 10.8. The molecule has 0 saturated heterocycles. The smallest absolute Gasteiger partial charge is 0.0764 e. The van der Waals surface area contributed by atoms with Crippen molar-refractivity contribution in [2.24, 2.45) is 0 Å². The summed E-state index contributed by atoms with van der Waals surface area (Å²) in [6.45, 7) is 0. The van der Waals surface area contributed by atoms with Crippen LogP contribution in [0.3, 0.4) is 0 Å². The maximum atomic E-state index is 2.55. The van der Waals surface area contributed by atoms with Crippen LogP contribution in [-0.4, -0.2) is 4.57 Å². The number of hydrogen-bond donors (Lipinski definition) is 0. The summed E-state index contributed by atoms with van der Waals surface area (Å²) in [5.74, 6) is 0.310. The number of benzene rings is 8. The van der Waals surface area contributed by atoms with E-state index in [0.717, 1.165) is 12.1 Å². The van der Waals surface area contributed by atoms with Gasteiger partial charge in [0.15, 0.2) is 0 Å². The van der Waals surface area contributed by atoms with Gasteiger partial charge in [-0.2, -0.15) is 0 Å². The first-order valence-corrected chi connectivity index (χ1v) is 21.4. The third-order valence-corrected chi connectivity index (χ3v) is 14.2. The Labute approximate surface area is 347 Å². The highest BCUT2D eigenvalue weighted by Crippen LogP contribution is 2.63. The van der Waals surface area contributed by atoms with E-state index in [-0.39, 0.29) is 0 Å². The summed E-state index contributed by atoms with van der Waals surface area (Å²) in [6.07, 6.45) is 7.83. The molecule has 9 aromatic rings. The lowest BCUT2D eigenvalue weighted by atomic mass is 9.62. The summed E-state index contributed by atoms with van der Waals surface area (Å²) in [5, 5.41) is 2.53. The normalized spacial score (nSPS) is 16.6. The molecular formula is C55H37N3S. The number of rotatable bonds is 3. The first kappa shape index (κ1) is 33.0. The lowest BCUT2D eigenvalue weighted by Gasteiger charge is -2.49. The van der Waals surface area contributed by atoms with Crippen LogP contribution in [0.4, 0.5) is 28.4 Å². The maximum absolute atomic E-state index is 2.55. The Morgan fingerprint density at radius 2 is 1.10 bits per heavy atom. The van der Waals surface area contributed by atoms with Gasteiger partial charge in [0.05, 0.1) is 27.8 Å². The maximum Gasteiger partial charge on any atom is 0.0764 e. The minimum atomic E-state index is -0.543. The molecule has 0 saturated carbocycles. The number of para-hydroxylation sites is 5. The van der Waals surface area contributed by atoms with Crippen molar-refractivity contribution in [3.63, 3.8) is 0 Å². The van der Waals surface area contributed by atoms with E-state index in [0.29, 0.717) is 5.92 Å². The zero-order valence-corrected chi connectivity index (χ0v) is 33.0. The van der Waals surface area contributed by atoms with Crippen LogP contribution >= 0.6 is 11.8 Å². The van der Waals surface area contributed by atoms with Crippen molar-refractivity contribution in [3.8, 4) is 5.69 Å². The SMILES string of the molecule is C1=CCC2C(=C1)N(c1ccccc1)c1ccc(-n3c4ccccc4c4cc5c(cc43)Sc3ccccc3C53c4ccccc4N(c4ccccc4)c4ccccc43)cc12. The molecule has 1 spiro atoms. The van der Waals surface area contributed by atoms with Crippen LogP contribution in [-0.2, 0) is 5.41 Å². The molecule has 1 aromatic heterocycles. The number of allylic oxidation sites excluding steroid dienone is 4. The Hall–Kier alpha value is -7.01. The van der Waals surface area contributed by atoms with E-state index < -0.39 is 5.41 Å². The topological polar surface area (TPSA) is 11.4 Å². The van der Waals surface area contributed by atoms with Crippen molar-refractivity contribution in [2.45, 2.75) is 27.5 Å². The molecule has 4 aliphatic rings. The van der Waals surface area contributed by atoms with Crippen molar-refractivity contribution >= 4 is 62.0 Å². The van der Waals surface area contributed by atoms with Crippen LogP contribution in [0, 0.1) is 0 Å². The molecule has 8 aromatic carbocycles. The second-order valence-corrected chi connectivity index (χ2v) is 17.1. The largest absolute Gasteiger partial charge is 0.313 e. The highest BCUT2D eigenvalue weighted by molar-refractivity contribution is 7.99. The molecule has 4 heteroatoms. The second kappa shape index (κ2) is 12.5. The number of hydrogen-bond acceptors (Lipinski definition) is 3. The third kappa shape index (κ3) is 4.50. The van der Waals surface area contributed by atoms with Crippen molar-refractivity contribution in [2.75, 3.05) is 9.80 Å². The Bertz CT molecular complexity index is 3200. The quantitative estimate of drug-likeness (QED) is 0.177. The van der Waals surface area contributed by atoms with Crippen LogP contribution in [0.1, 0.15) is 40.2 Å². The van der Waals surface area contributed by atoms with Crippen LogP contribution in [0.5, 0.6) is 0 Å². The summed E-state index contributed by atoms with van der Waals surface area (Å²) in [7, 11) is 0. The zero-order chi connectivity index (χ0) is 38.7. The van der Waals surface area contributed by atoms with E-state index in [1.165, 1.54) is 93.5 Å². The van der Waals surface area contributed by atoms with E-state index in [4.69, 9.17) is 0 Å². The average molecular weight is 772 g/mol. The number of fused-ring (bicyclic) bond motifs is 14. The molecule has 3 aliphatic heterocycles. The first-order valence-electron chi connectivity index (χ1n) is 20.5. The Morgan fingerprint density at radius 3 is 1.86 bits per heavy atom. The van der Waals surface area contributed by atoms with E-state index in [1.807, 2.05) is 11.8 Å². The van der Waals surface area contributed by atoms with Gasteiger partial charge in [-0.1, -0.05) is 133 Å². The molecule has 0 amide bonds. The van der Waals surface area contributed by atoms with Crippen molar-refractivity contribution in [1.29, 1.82) is 0 Å². The number of nitrogens with zero attached hydrogens (tertiary/aromatic N) is 3. The van der Waals surface area contributed by atoms with Gasteiger partial charge in [-0.05, 0) is 119 Å². The van der Waals surface area contributed by atoms with Gasteiger partial charge in [-0.25, -0.2) is 0 Å². The highest BCUT2D eigenvalue weighted by atomic mass is 32.2. The molecule has 0 fully saturated rings. The molecule has 4 heterocycles.